The second-order valence-electron chi connectivity index (χ2n) is 8.17. The first-order chi connectivity index (χ1) is 15.3. The van der Waals surface area contributed by atoms with Crippen molar-refractivity contribution in [3.63, 3.8) is 0 Å². The Hall–Kier alpha value is -3.62. The summed E-state index contributed by atoms with van der Waals surface area (Å²) in [6.45, 7) is 6.17. The Morgan fingerprint density at radius 3 is 2.31 bits per heavy atom. The molecule has 3 aromatic rings. The van der Waals surface area contributed by atoms with Crippen LogP contribution in [-0.2, 0) is 16.6 Å². The summed E-state index contributed by atoms with van der Waals surface area (Å²) in [4.78, 5) is 21.3. The van der Waals surface area contributed by atoms with E-state index >= 15 is 0 Å². The molecule has 1 amide bonds. The molecule has 32 heavy (non-hydrogen) atoms. The zero-order valence-corrected chi connectivity index (χ0v) is 19.3. The molecular weight excluding hydrogens is 410 g/mol. The van der Waals surface area contributed by atoms with Gasteiger partial charge in [0, 0.05) is 30.3 Å². The molecule has 9 heteroatoms. The Kier molecular flexibility index (Phi) is 6.97. The number of aromatic nitrogens is 4. The summed E-state index contributed by atoms with van der Waals surface area (Å²) in [6.07, 6.45) is 3.96. The van der Waals surface area contributed by atoms with E-state index in [-0.39, 0.29) is 17.7 Å². The van der Waals surface area contributed by atoms with E-state index in [9.17, 15) is 4.79 Å². The molecule has 9 nitrogen and oxygen atoms in total. The average molecular weight is 440 g/mol. The highest BCUT2D eigenvalue weighted by Gasteiger charge is 2.23. The van der Waals surface area contributed by atoms with Gasteiger partial charge in [-0.25, -0.2) is 9.97 Å². The van der Waals surface area contributed by atoms with E-state index in [0.29, 0.717) is 35.4 Å². The molecule has 0 radical (unpaired) electrons. The minimum absolute atomic E-state index is 0.167. The van der Waals surface area contributed by atoms with E-state index in [2.05, 4.69) is 41.2 Å². The third kappa shape index (κ3) is 4.99. The molecule has 3 rings (SSSR count). The standard InChI is InChI=1S/C23H29N5O4/c1-23(2,3)17-14-18(28(27-17)22-24-12-7-13-25-22)26-19(29)11-9-15-8-10-16(30-4)21(32-6)20(15)31-5/h7-8,10,12-14H,9,11H2,1-6H3,(H,26,29). The van der Waals surface area contributed by atoms with Gasteiger partial charge in [-0.3, -0.25) is 4.79 Å². The molecule has 0 fully saturated rings. The Bertz CT molecular complexity index is 1070. The first kappa shape index (κ1) is 23.1. The number of benzene rings is 1. The Balaban J connectivity index is 1.81. The summed E-state index contributed by atoms with van der Waals surface area (Å²) in [5.41, 5.74) is 1.46. The highest BCUT2D eigenvalue weighted by Crippen LogP contribution is 2.40. The van der Waals surface area contributed by atoms with Crippen LogP contribution in [0.5, 0.6) is 17.2 Å². The molecule has 0 bridgehead atoms. The lowest BCUT2D eigenvalue weighted by atomic mass is 9.92. The molecule has 0 atom stereocenters. The minimum atomic E-state index is -0.202. The molecule has 170 valence electrons. The van der Waals surface area contributed by atoms with Crippen LogP contribution in [0.2, 0.25) is 0 Å². The molecule has 0 spiro atoms. The second kappa shape index (κ2) is 9.67. The van der Waals surface area contributed by atoms with Crippen LogP contribution < -0.4 is 19.5 Å². The lowest BCUT2D eigenvalue weighted by Crippen LogP contribution is -2.16. The minimum Gasteiger partial charge on any atom is -0.493 e. The highest BCUT2D eigenvalue weighted by molar-refractivity contribution is 5.90. The number of carbonyl (C=O) groups is 1. The van der Waals surface area contributed by atoms with Gasteiger partial charge in [0.1, 0.15) is 5.82 Å². The monoisotopic (exact) mass is 439 g/mol. The second-order valence-corrected chi connectivity index (χ2v) is 8.17. The van der Waals surface area contributed by atoms with Gasteiger partial charge in [-0.2, -0.15) is 9.78 Å². The van der Waals surface area contributed by atoms with Crippen molar-refractivity contribution in [1.82, 2.24) is 19.7 Å². The number of aryl methyl sites for hydroxylation is 1. The van der Waals surface area contributed by atoms with Gasteiger partial charge in [-0.05, 0) is 24.1 Å². The largest absolute Gasteiger partial charge is 0.493 e. The normalized spacial score (nSPS) is 11.2. The highest BCUT2D eigenvalue weighted by atomic mass is 16.5. The van der Waals surface area contributed by atoms with Crippen LogP contribution in [0.1, 0.15) is 38.4 Å². The first-order valence-corrected chi connectivity index (χ1v) is 10.2. The number of hydrogen-bond acceptors (Lipinski definition) is 7. The SMILES string of the molecule is COc1ccc(CCC(=O)Nc2cc(C(C)(C)C)nn2-c2ncccn2)c(OC)c1OC. The number of ether oxygens (including phenoxy) is 3. The lowest BCUT2D eigenvalue weighted by molar-refractivity contribution is -0.116. The fraction of sp³-hybridized carbons (Fsp3) is 0.391. The van der Waals surface area contributed by atoms with Gasteiger partial charge in [0.15, 0.2) is 11.5 Å². The Morgan fingerprint density at radius 2 is 1.72 bits per heavy atom. The van der Waals surface area contributed by atoms with Gasteiger partial charge < -0.3 is 19.5 Å². The molecule has 0 saturated heterocycles. The number of nitrogens with one attached hydrogen (secondary N) is 1. The Morgan fingerprint density at radius 1 is 1.03 bits per heavy atom. The third-order valence-corrected chi connectivity index (χ3v) is 4.89. The maximum absolute atomic E-state index is 12.8. The molecule has 0 aliphatic heterocycles. The van der Waals surface area contributed by atoms with Gasteiger partial charge in [-0.1, -0.05) is 26.8 Å². The van der Waals surface area contributed by atoms with Gasteiger partial charge in [-0.15, -0.1) is 0 Å². The van der Waals surface area contributed by atoms with E-state index in [4.69, 9.17) is 14.2 Å². The Labute approximate surface area is 187 Å². The van der Waals surface area contributed by atoms with Gasteiger partial charge >= 0.3 is 0 Å². The molecule has 2 heterocycles. The summed E-state index contributed by atoms with van der Waals surface area (Å²) in [5.74, 6) is 2.36. The van der Waals surface area contributed by atoms with E-state index in [0.717, 1.165) is 11.3 Å². The van der Waals surface area contributed by atoms with E-state index in [1.54, 1.807) is 50.5 Å². The van der Waals surface area contributed by atoms with Crippen molar-refractivity contribution in [2.75, 3.05) is 26.6 Å². The molecule has 2 aromatic heterocycles. The van der Waals surface area contributed by atoms with Crippen molar-refractivity contribution in [2.45, 2.75) is 39.0 Å². The van der Waals surface area contributed by atoms with Crippen LogP contribution in [0.4, 0.5) is 5.82 Å². The zero-order valence-electron chi connectivity index (χ0n) is 19.3. The number of hydrogen-bond donors (Lipinski definition) is 1. The van der Waals surface area contributed by atoms with Gasteiger partial charge in [0.25, 0.3) is 5.95 Å². The first-order valence-electron chi connectivity index (χ1n) is 10.2. The summed E-state index contributed by atoms with van der Waals surface area (Å²) >= 11 is 0. The number of carbonyl (C=O) groups excluding carboxylic acids is 1. The van der Waals surface area contributed by atoms with Crippen molar-refractivity contribution in [1.29, 1.82) is 0 Å². The summed E-state index contributed by atoms with van der Waals surface area (Å²) < 4.78 is 17.8. The van der Waals surface area contributed by atoms with Gasteiger partial charge in [0.2, 0.25) is 11.7 Å². The lowest BCUT2D eigenvalue weighted by Gasteiger charge is -2.15. The number of anilines is 1. The molecule has 0 aliphatic carbocycles. The van der Waals surface area contributed by atoms with Crippen LogP contribution in [0, 0.1) is 0 Å². The fourth-order valence-electron chi connectivity index (χ4n) is 3.20. The third-order valence-electron chi connectivity index (χ3n) is 4.89. The van der Waals surface area contributed by atoms with Crippen LogP contribution in [0.25, 0.3) is 5.95 Å². The molecule has 1 aromatic carbocycles. The van der Waals surface area contributed by atoms with Gasteiger partial charge in [0.05, 0.1) is 27.0 Å². The van der Waals surface area contributed by atoms with Crippen molar-refractivity contribution in [3.8, 4) is 23.2 Å². The smallest absolute Gasteiger partial charge is 0.252 e. The summed E-state index contributed by atoms with van der Waals surface area (Å²) in [5, 5.41) is 7.56. The zero-order chi connectivity index (χ0) is 23.3. The summed E-state index contributed by atoms with van der Waals surface area (Å²) in [7, 11) is 4.68. The molecule has 0 unspecified atom stereocenters. The van der Waals surface area contributed by atoms with Crippen molar-refractivity contribution < 1.29 is 19.0 Å². The predicted molar refractivity (Wildman–Crippen MR) is 121 cm³/mol. The van der Waals surface area contributed by atoms with E-state index in [1.165, 1.54) is 0 Å². The summed E-state index contributed by atoms with van der Waals surface area (Å²) in [6, 6.07) is 7.25. The van der Waals surface area contributed by atoms with E-state index in [1.807, 2.05) is 12.1 Å². The maximum Gasteiger partial charge on any atom is 0.252 e. The molecule has 1 N–H and O–H groups in total. The van der Waals surface area contributed by atoms with Crippen molar-refractivity contribution in [3.05, 3.63) is 47.9 Å². The van der Waals surface area contributed by atoms with Crippen LogP contribution in [0.3, 0.4) is 0 Å². The number of rotatable bonds is 8. The molecule has 0 aliphatic rings. The van der Waals surface area contributed by atoms with Crippen LogP contribution >= 0.6 is 0 Å². The number of amides is 1. The van der Waals surface area contributed by atoms with E-state index < -0.39 is 0 Å². The number of nitrogens with zero attached hydrogens (tertiary/aromatic N) is 4. The van der Waals surface area contributed by atoms with Crippen molar-refractivity contribution >= 4 is 11.7 Å². The number of methoxy groups -OCH3 is 3. The van der Waals surface area contributed by atoms with Crippen molar-refractivity contribution in [2.24, 2.45) is 0 Å². The molecule has 0 saturated carbocycles. The quantitative estimate of drug-likeness (QED) is 0.573. The van der Waals surface area contributed by atoms with Crippen LogP contribution in [-0.4, -0.2) is 47.0 Å². The molecular formula is C23H29N5O4. The fourth-order valence-corrected chi connectivity index (χ4v) is 3.20. The topological polar surface area (TPSA) is 100 Å². The average Bonchev–Trinajstić information content (AvgIpc) is 3.21. The predicted octanol–water partition coefficient (Wildman–Crippen LogP) is 3.56. The maximum atomic E-state index is 12.8. The van der Waals surface area contributed by atoms with Crippen LogP contribution in [0.15, 0.2) is 36.7 Å².